The van der Waals surface area contributed by atoms with Crippen LogP contribution in [0, 0.1) is 5.82 Å². The van der Waals surface area contributed by atoms with E-state index in [-0.39, 0.29) is 37.2 Å². The molecule has 0 fully saturated rings. The number of aromatic nitrogens is 2. The van der Waals surface area contributed by atoms with Crippen LogP contribution in [-0.4, -0.2) is 24.0 Å². The molecule has 10 nitrogen and oxygen atoms in total. The third kappa shape index (κ3) is 6.16. The van der Waals surface area contributed by atoms with Gasteiger partial charge in [0.25, 0.3) is 15.6 Å². The van der Waals surface area contributed by atoms with E-state index in [4.69, 9.17) is 11.6 Å². The molecule has 0 saturated heterocycles. The number of H-pyrrole nitrogens is 1. The maximum atomic E-state index is 13.2. The average molecular weight is 614 g/mol. The molecule has 2 amide bonds. The Kier molecular flexibility index (Phi) is 7.67. The van der Waals surface area contributed by atoms with Gasteiger partial charge in [-0.15, -0.1) is 11.3 Å². The summed E-state index contributed by atoms with van der Waals surface area (Å²) in [4.78, 5) is 41.1. The largest absolute Gasteiger partial charge is 0.378 e. The molecule has 2 heterocycles. The minimum atomic E-state index is -4.10. The summed E-state index contributed by atoms with van der Waals surface area (Å²) in [6.45, 7) is 1.90. The van der Waals surface area contributed by atoms with Gasteiger partial charge in [0.05, 0.1) is 20.9 Å². The number of thiophene rings is 1. The van der Waals surface area contributed by atoms with Crippen LogP contribution in [0.3, 0.4) is 0 Å². The van der Waals surface area contributed by atoms with E-state index in [2.05, 4.69) is 15.6 Å². The number of rotatable bonds is 7. The lowest BCUT2D eigenvalue weighted by atomic mass is 10.1. The van der Waals surface area contributed by atoms with Crippen LogP contribution < -0.4 is 26.6 Å². The van der Waals surface area contributed by atoms with Gasteiger partial charge in [-0.3, -0.25) is 4.79 Å². The predicted molar refractivity (Wildman–Crippen MR) is 157 cm³/mol. The number of nitrogens with one attached hydrogen (secondary N) is 4. The minimum absolute atomic E-state index is 0.117. The zero-order chi connectivity index (χ0) is 29.3. The van der Waals surface area contributed by atoms with Crippen LogP contribution in [0.4, 0.5) is 20.6 Å². The van der Waals surface area contributed by atoms with Gasteiger partial charge in [0.15, 0.2) is 0 Å². The van der Waals surface area contributed by atoms with Crippen LogP contribution in [0.5, 0.6) is 0 Å². The maximum absolute atomic E-state index is 13.2. The number of carbonyl (C=O) groups is 1. The van der Waals surface area contributed by atoms with Gasteiger partial charge in [0, 0.05) is 17.4 Å². The first-order valence-electron chi connectivity index (χ1n) is 12.0. The maximum Gasteiger partial charge on any atom is 0.333 e. The fourth-order valence-electron chi connectivity index (χ4n) is 4.09. The highest BCUT2D eigenvalue weighted by atomic mass is 35.5. The molecule has 1 unspecified atom stereocenters. The zero-order valence-corrected chi connectivity index (χ0v) is 23.5. The number of hydrogen-bond acceptors (Lipinski definition) is 7. The smallest absolute Gasteiger partial charge is 0.333 e. The molecule has 0 radical (unpaired) electrons. The molecule has 2 aromatic heterocycles. The summed E-state index contributed by atoms with van der Waals surface area (Å²) >= 11 is 6.57. The number of urea groups is 1. The molecule has 0 saturated carbocycles. The van der Waals surface area contributed by atoms with E-state index >= 15 is 0 Å². The van der Waals surface area contributed by atoms with Crippen molar-refractivity contribution in [3.63, 3.8) is 0 Å². The van der Waals surface area contributed by atoms with Gasteiger partial charge in [0.2, 0.25) is 0 Å². The van der Waals surface area contributed by atoms with Crippen LogP contribution in [0.1, 0.15) is 18.5 Å². The molecule has 14 heteroatoms. The van der Waals surface area contributed by atoms with E-state index in [1.165, 1.54) is 48.5 Å². The zero-order valence-electron chi connectivity index (χ0n) is 21.1. The third-order valence-corrected chi connectivity index (χ3v) is 9.13. The Hall–Kier alpha value is -4.46. The van der Waals surface area contributed by atoms with E-state index in [1.54, 1.807) is 30.3 Å². The molecule has 5 aromatic rings. The molecular formula is C27H21ClFN5O5S2. The number of halogens is 2. The molecule has 5 rings (SSSR count). The van der Waals surface area contributed by atoms with Crippen LogP contribution in [-0.2, 0) is 10.0 Å². The molecule has 4 N–H and O–H groups in total. The molecular weight excluding hydrogens is 593 g/mol. The van der Waals surface area contributed by atoms with Crippen molar-refractivity contribution >= 4 is 61.3 Å². The van der Waals surface area contributed by atoms with Crippen LogP contribution in [0.25, 0.3) is 16.6 Å². The molecule has 0 bridgehead atoms. The summed E-state index contributed by atoms with van der Waals surface area (Å²) in [6.07, 6.45) is 0. The molecule has 0 aliphatic heterocycles. The fourth-order valence-corrected chi connectivity index (χ4v) is 6.48. The second kappa shape index (κ2) is 11.2. The predicted octanol–water partition coefficient (Wildman–Crippen LogP) is 5.22. The third-order valence-electron chi connectivity index (χ3n) is 6.07. The molecule has 0 aliphatic rings. The molecule has 0 spiro atoms. The fraction of sp³-hybridized carbons (Fsp3) is 0.0741. The second-order valence-electron chi connectivity index (χ2n) is 8.91. The Labute approximate surface area is 241 Å². The standard InChI is InChI=1S/C27H21ClFN5O5S2/c1-15(16-2-4-17(29)5-3-16)30-19-8-11-21-22(14-19)32-27(37)34(25(21)35)20-9-6-18(7-10-20)31-26(36)33-41(38,39)24-13-12-23(28)40-24/h2-15,30H,1H3,(H,32,37)(H2,31,33,36). The number of hydrogen-bond donors (Lipinski definition) is 4. The van der Waals surface area contributed by atoms with Crippen LogP contribution in [0.15, 0.2) is 92.7 Å². The van der Waals surface area contributed by atoms with Crippen molar-refractivity contribution in [1.29, 1.82) is 0 Å². The molecule has 41 heavy (non-hydrogen) atoms. The van der Waals surface area contributed by atoms with Crippen LogP contribution >= 0.6 is 22.9 Å². The number of aromatic amines is 1. The summed E-state index contributed by atoms with van der Waals surface area (Å²) in [5.41, 5.74) is 1.07. The number of nitrogens with zero attached hydrogens (tertiary/aromatic N) is 1. The van der Waals surface area contributed by atoms with Crippen molar-refractivity contribution in [2.75, 3.05) is 10.6 Å². The van der Waals surface area contributed by atoms with Crippen molar-refractivity contribution in [2.24, 2.45) is 0 Å². The highest BCUT2D eigenvalue weighted by molar-refractivity contribution is 7.92. The number of carbonyl (C=O) groups excluding carboxylic acids is 1. The van der Waals surface area contributed by atoms with E-state index in [1.807, 2.05) is 11.6 Å². The Balaban J connectivity index is 1.33. The van der Waals surface area contributed by atoms with Gasteiger partial charge in [-0.1, -0.05) is 23.7 Å². The number of anilines is 2. The van der Waals surface area contributed by atoms with Crippen LogP contribution in [0.2, 0.25) is 4.34 Å². The Bertz CT molecular complexity index is 1990. The molecule has 0 aliphatic carbocycles. The van der Waals surface area contributed by atoms with Gasteiger partial charge in [0.1, 0.15) is 10.0 Å². The van der Waals surface area contributed by atoms with E-state index in [0.717, 1.165) is 21.5 Å². The first-order valence-corrected chi connectivity index (χ1v) is 14.7. The second-order valence-corrected chi connectivity index (χ2v) is 12.5. The number of fused-ring (bicyclic) bond motifs is 1. The normalized spacial score (nSPS) is 12.2. The molecule has 1 atom stereocenters. The van der Waals surface area contributed by atoms with Gasteiger partial charge < -0.3 is 15.6 Å². The van der Waals surface area contributed by atoms with Crippen molar-refractivity contribution in [1.82, 2.24) is 14.3 Å². The van der Waals surface area contributed by atoms with Gasteiger partial charge >= 0.3 is 11.7 Å². The lowest BCUT2D eigenvalue weighted by molar-refractivity contribution is 0.256. The quantitative estimate of drug-likeness (QED) is 0.198. The first-order chi connectivity index (χ1) is 19.5. The highest BCUT2D eigenvalue weighted by Crippen LogP contribution is 2.25. The minimum Gasteiger partial charge on any atom is -0.378 e. The van der Waals surface area contributed by atoms with Crippen molar-refractivity contribution < 1.29 is 17.6 Å². The lowest BCUT2D eigenvalue weighted by Crippen LogP contribution is -2.34. The summed E-state index contributed by atoms with van der Waals surface area (Å²) in [5.74, 6) is -0.330. The summed E-state index contributed by atoms with van der Waals surface area (Å²) in [6, 6.07) is 18.3. The lowest BCUT2D eigenvalue weighted by Gasteiger charge is -2.16. The Morgan fingerprint density at radius 3 is 2.32 bits per heavy atom. The highest BCUT2D eigenvalue weighted by Gasteiger charge is 2.20. The number of sulfonamides is 1. The summed E-state index contributed by atoms with van der Waals surface area (Å²) in [5, 5.41) is 5.93. The van der Waals surface area contributed by atoms with Gasteiger partial charge in [-0.25, -0.2) is 31.7 Å². The average Bonchev–Trinajstić information content (AvgIpc) is 3.37. The number of amides is 2. The Morgan fingerprint density at radius 2 is 1.66 bits per heavy atom. The molecule has 3 aromatic carbocycles. The number of benzene rings is 3. The van der Waals surface area contributed by atoms with E-state index in [0.29, 0.717) is 11.2 Å². The van der Waals surface area contributed by atoms with E-state index in [9.17, 15) is 27.2 Å². The van der Waals surface area contributed by atoms with Crippen molar-refractivity contribution in [3.05, 3.63) is 115 Å². The molecule has 210 valence electrons. The monoisotopic (exact) mass is 613 g/mol. The SMILES string of the molecule is CC(Nc1ccc2c(=O)n(-c3ccc(NC(=O)NS(=O)(=O)c4ccc(Cl)s4)cc3)c(=O)[nH]c2c1)c1ccc(F)cc1. The van der Waals surface area contributed by atoms with Crippen molar-refractivity contribution in [2.45, 2.75) is 17.2 Å². The summed E-state index contributed by atoms with van der Waals surface area (Å²) < 4.78 is 40.8. The first kappa shape index (κ1) is 28.1. The van der Waals surface area contributed by atoms with Gasteiger partial charge in [-0.05, 0) is 79.2 Å². The topological polar surface area (TPSA) is 142 Å². The van der Waals surface area contributed by atoms with Crippen molar-refractivity contribution in [3.8, 4) is 5.69 Å². The van der Waals surface area contributed by atoms with E-state index < -0.39 is 27.3 Å². The summed E-state index contributed by atoms with van der Waals surface area (Å²) in [7, 11) is -4.10. The Morgan fingerprint density at radius 1 is 0.976 bits per heavy atom. The van der Waals surface area contributed by atoms with Gasteiger partial charge in [-0.2, -0.15) is 0 Å².